The van der Waals surface area contributed by atoms with Gasteiger partial charge in [0.2, 0.25) is 5.75 Å². The number of nitrogens with zero attached hydrogens (tertiary/aromatic N) is 1. The molecule has 0 unspecified atom stereocenters. The van der Waals surface area contributed by atoms with E-state index in [2.05, 4.69) is 0 Å². The van der Waals surface area contributed by atoms with E-state index in [1.807, 2.05) is 0 Å². The highest BCUT2D eigenvalue weighted by atomic mass is 32.2. The molecular formula is C16H11NO8S2. The Balaban J connectivity index is 2.05. The Hall–Kier alpha value is -3.02. The van der Waals surface area contributed by atoms with Crippen LogP contribution in [0.1, 0.15) is 0 Å². The van der Waals surface area contributed by atoms with Crippen molar-refractivity contribution in [1.29, 1.82) is 0 Å². The molecule has 3 rings (SSSR count). The van der Waals surface area contributed by atoms with Crippen LogP contribution in [0.4, 0.5) is 5.69 Å². The first-order valence-corrected chi connectivity index (χ1v) is 10.1. The average Bonchev–Trinajstić information content (AvgIpc) is 2.60. The highest BCUT2D eigenvalue weighted by molar-refractivity contribution is 7.87. The average molecular weight is 409 g/mol. The van der Waals surface area contributed by atoms with Crippen LogP contribution in [0.5, 0.6) is 5.75 Å². The van der Waals surface area contributed by atoms with Gasteiger partial charge in [0.05, 0.1) is 4.92 Å². The van der Waals surface area contributed by atoms with Crippen LogP contribution in [0.3, 0.4) is 0 Å². The predicted molar refractivity (Wildman–Crippen MR) is 94.7 cm³/mol. The predicted octanol–water partition coefficient (Wildman–Crippen LogP) is 2.76. The van der Waals surface area contributed by atoms with Crippen molar-refractivity contribution in [3.8, 4) is 5.75 Å². The van der Waals surface area contributed by atoms with Crippen molar-refractivity contribution in [2.24, 2.45) is 0 Å². The maximum atomic E-state index is 12.5. The third-order valence-corrected chi connectivity index (χ3v) is 5.71. The number of fused-ring (bicyclic) bond motifs is 1. The zero-order valence-corrected chi connectivity index (χ0v) is 15.0. The lowest BCUT2D eigenvalue weighted by molar-refractivity contribution is -0.385. The van der Waals surface area contributed by atoms with Crippen LogP contribution < -0.4 is 4.18 Å². The molecule has 0 saturated heterocycles. The molecule has 0 atom stereocenters. The van der Waals surface area contributed by atoms with Crippen molar-refractivity contribution in [3.63, 3.8) is 0 Å². The number of hydrogen-bond donors (Lipinski definition) is 1. The van der Waals surface area contributed by atoms with Crippen molar-refractivity contribution in [2.75, 3.05) is 0 Å². The standard InChI is InChI=1S/C16H11NO8S2/c18-17(19)15-10-13(26(20,21)22)7-8-16(15)25-27(23,24)14-6-5-11-3-1-2-4-12(11)9-14/h1-10H,(H,20,21,22). The minimum absolute atomic E-state index is 0.227. The fourth-order valence-corrected chi connectivity index (χ4v) is 3.84. The van der Waals surface area contributed by atoms with E-state index in [9.17, 15) is 26.9 Å². The van der Waals surface area contributed by atoms with Crippen LogP contribution in [0, 0.1) is 10.1 Å². The van der Waals surface area contributed by atoms with Gasteiger partial charge in [-0.05, 0) is 35.0 Å². The SMILES string of the molecule is O=[N+]([O-])c1cc(S(=O)(=O)O)ccc1OS(=O)(=O)c1ccc2ccccc2c1. The molecule has 0 aliphatic carbocycles. The second-order valence-electron chi connectivity index (χ2n) is 5.41. The summed E-state index contributed by atoms with van der Waals surface area (Å²) in [6.45, 7) is 0. The zero-order chi connectivity index (χ0) is 19.8. The molecule has 3 aromatic rings. The normalized spacial score (nSPS) is 12.0. The van der Waals surface area contributed by atoms with Crippen LogP contribution in [-0.4, -0.2) is 26.3 Å². The molecule has 0 fully saturated rings. The van der Waals surface area contributed by atoms with Crippen LogP contribution in [0.2, 0.25) is 0 Å². The zero-order valence-electron chi connectivity index (χ0n) is 13.3. The highest BCUT2D eigenvalue weighted by Gasteiger charge is 2.26. The third kappa shape index (κ3) is 3.89. The van der Waals surface area contributed by atoms with Gasteiger partial charge in [-0.3, -0.25) is 14.7 Å². The number of nitro benzene ring substituents is 1. The molecule has 0 radical (unpaired) electrons. The smallest absolute Gasteiger partial charge is 0.339 e. The molecule has 0 heterocycles. The molecule has 0 aromatic heterocycles. The first kappa shape index (κ1) is 18.8. The van der Waals surface area contributed by atoms with Crippen molar-refractivity contribution >= 4 is 36.7 Å². The third-order valence-electron chi connectivity index (χ3n) is 3.63. The van der Waals surface area contributed by atoms with E-state index in [4.69, 9.17) is 8.74 Å². The summed E-state index contributed by atoms with van der Waals surface area (Å²) in [6.07, 6.45) is 0. The molecule has 3 aromatic carbocycles. The number of benzene rings is 3. The largest absolute Gasteiger partial charge is 0.372 e. The van der Waals surface area contributed by atoms with Gasteiger partial charge in [0.15, 0.2) is 0 Å². The lowest BCUT2D eigenvalue weighted by atomic mass is 10.1. The summed E-state index contributed by atoms with van der Waals surface area (Å²) in [5.41, 5.74) is -0.922. The molecule has 0 saturated carbocycles. The molecular weight excluding hydrogens is 398 g/mol. The Kier molecular flexibility index (Phi) is 4.59. The number of rotatable bonds is 5. The Morgan fingerprint density at radius 3 is 2.11 bits per heavy atom. The molecule has 27 heavy (non-hydrogen) atoms. The fourth-order valence-electron chi connectivity index (χ4n) is 2.36. The van der Waals surface area contributed by atoms with Crippen molar-refractivity contribution < 1.29 is 30.5 Å². The fraction of sp³-hybridized carbons (Fsp3) is 0. The summed E-state index contributed by atoms with van der Waals surface area (Å²) in [4.78, 5) is 9.15. The molecule has 0 bridgehead atoms. The maximum absolute atomic E-state index is 12.5. The van der Waals surface area contributed by atoms with Gasteiger partial charge in [-0.15, -0.1) is 0 Å². The van der Waals surface area contributed by atoms with E-state index in [0.29, 0.717) is 11.5 Å². The van der Waals surface area contributed by atoms with Gasteiger partial charge >= 0.3 is 15.8 Å². The summed E-state index contributed by atoms with van der Waals surface area (Å²) in [7, 11) is -9.13. The van der Waals surface area contributed by atoms with Gasteiger partial charge in [0, 0.05) is 6.07 Å². The van der Waals surface area contributed by atoms with Crippen LogP contribution in [0.25, 0.3) is 10.8 Å². The van der Waals surface area contributed by atoms with E-state index >= 15 is 0 Å². The Labute approximate surface area is 153 Å². The molecule has 9 nitrogen and oxygen atoms in total. The van der Waals surface area contributed by atoms with Gasteiger partial charge < -0.3 is 4.18 Å². The van der Waals surface area contributed by atoms with E-state index in [0.717, 1.165) is 17.5 Å². The highest BCUT2D eigenvalue weighted by Crippen LogP contribution is 2.32. The second-order valence-corrected chi connectivity index (χ2v) is 8.38. The van der Waals surface area contributed by atoms with Gasteiger partial charge in [0.1, 0.15) is 9.79 Å². The van der Waals surface area contributed by atoms with Gasteiger partial charge in [-0.25, -0.2) is 0 Å². The van der Waals surface area contributed by atoms with E-state index in [1.54, 1.807) is 30.3 Å². The molecule has 0 aliphatic heterocycles. The Bertz CT molecular complexity index is 1270. The number of hydrogen-bond acceptors (Lipinski definition) is 7. The molecule has 0 aliphatic rings. The summed E-state index contributed by atoms with van der Waals surface area (Å²) in [5, 5.41) is 12.6. The molecule has 0 amide bonds. The lowest BCUT2D eigenvalue weighted by Crippen LogP contribution is -2.11. The van der Waals surface area contributed by atoms with Crippen LogP contribution in [0.15, 0.2) is 70.5 Å². The summed E-state index contributed by atoms with van der Waals surface area (Å²) < 4.78 is 61.1. The van der Waals surface area contributed by atoms with E-state index in [-0.39, 0.29) is 4.90 Å². The Morgan fingerprint density at radius 2 is 1.48 bits per heavy atom. The first-order valence-electron chi connectivity index (χ1n) is 7.27. The summed E-state index contributed by atoms with van der Waals surface area (Å²) in [5.74, 6) is -0.680. The summed E-state index contributed by atoms with van der Waals surface area (Å²) in [6, 6.07) is 13.3. The monoisotopic (exact) mass is 409 g/mol. The second kappa shape index (κ2) is 6.61. The van der Waals surface area contributed by atoms with Gasteiger partial charge in [-0.2, -0.15) is 16.8 Å². The Morgan fingerprint density at radius 1 is 0.852 bits per heavy atom. The topological polar surface area (TPSA) is 141 Å². The van der Waals surface area contributed by atoms with Crippen LogP contribution >= 0.6 is 0 Å². The maximum Gasteiger partial charge on any atom is 0.339 e. The minimum atomic E-state index is -4.71. The van der Waals surface area contributed by atoms with Crippen LogP contribution in [-0.2, 0) is 20.2 Å². The van der Waals surface area contributed by atoms with E-state index < -0.39 is 41.5 Å². The summed E-state index contributed by atoms with van der Waals surface area (Å²) >= 11 is 0. The van der Waals surface area contributed by atoms with Crippen molar-refractivity contribution in [3.05, 3.63) is 70.8 Å². The first-order chi connectivity index (χ1) is 12.6. The molecule has 1 N–H and O–H groups in total. The van der Waals surface area contributed by atoms with E-state index in [1.165, 1.54) is 12.1 Å². The van der Waals surface area contributed by atoms with Gasteiger partial charge in [-0.1, -0.05) is 30.3 Å². The van der Waals surface area contributed by atoms with Gasteiger partial charge in [0.25, 0.3) is 10.1 Å². The lowest BCUT2D eigenvalue weighted by Gasteiger charge is -2.09. The minimum Gasteiger partial charge on any atom is -0.372 e. The molecule has 140 valence electrons. The quantitative estimate of drug-likeness (QED) is 0.293. The van der Waals surface area contributed by atoms with Crippen molar-refractivity contribution in [2.45, 2.75) is 9.79 Å². The molecule has 11 heteroatoms. The van der Waals surface area contributed by atoms with Crippen molar-refractivity contribution in [1.82, 2.24) is 0 Å². The number of nitro groups is 1. The molecule has 0 spiro atoms.